The summed E-state index contributed by atoms with van der Waals surface area (Å²) in [7, 11) is 0. The smallest absolute Gasteiger partial charge is 0.335 e. The molecule has 2 saturated heterocycles. The molecule has 7 nitrogen and oxygen atoms in total. The number of carbonyl (C=O) groups is 2. The first-order valence-corrected chi connectivity index (χ1v) is 14.0. The van der Waals surface area contributed by atoms with Gasteiger partial charge in [0.25, 0.3) is 5.91 Å². The fraction of sp³-hybridized carbons (Fsp3) is 0.258. The molecule has 200 valence electrons. The predicted molar refractivity (Wildman–Crippen MR) is 157 cm³/mol. The van der Waals surface area contributed by atoms with Crippen molar-refractivity contribution in [3.8, 4) is 5.75 Å². The van der Waals surface area contributed by atoms with E-state index in [1.165, 1.54) is 36.7 Å². The second kappa shape index (κ2) is 12.2. The second-order valence-corrected chi connectivity index (χ2v) is 10.5. The second-order valence-electron chi connectivity index (χ2n) is 9.45. The molecule has 5 rings (SSSR count). The molecule has 2 aliphatic rings. The Morgan fingerprint density at radius 1 is 1.00 bits per heavy atom. The average Bonchev–Trinajstić information content (AvgIpc) is 3.26. The summed E-state index contributed by atoms with van der Waals surface area (Å²) in [6.45, 7) is 4.94. The van der Waals surface area contributed by atoms with E-state index in [1.807, 2.05) is 49.4 Å². The molecule has 3 aromatic carbocycles. The lowest BCUT2D eigenvalue weighted by Crippen LogP contribution is -2.29. The Morgan fingerprint density at radius 3 is 2.41 bits per heavy atom. The van der Waals surface area contributed by atoms with Gasteiger partial charge in [-0.15, -0.1) is 0 Å². The number of hydrogen-bond donors (Lipinski definition) is 1. The van der Waals surface area contributed by atoms with E-state index in [4.69, 9.17) is 14.8 Å². The number of aliphatic imine (C=N–C) groups is 1. The maximum atomic E-state index is 13.2. The van der Waals surface area contributed by atoms with Gasteiger partial charge >= 0.3 is 5.97 Å². The molecule has 0 aliphatic carbocycles. The van der Waals surface area contributed by atoms with Crippen LogP contribution in [0.25, 0.3) is 6.08 Å². The highest BCUT2D eigenvalue weighted by Crippen LogP contribution is 2.36. The first-order chi connectivity index (χ1) is 19.0. The number of benzene rings is 3. The van der Waals surface area contributed by atoms with Crippen molar-refractivity contribution >= 4 is 46.3 Å². The Morgan fingerprint density at radius 2 is 1.72 bits per heavy atom. The van der Waals surface area contributed by atoms with E-state index in [9.17, 15) is 9.59 Å². The molecule has 2 aliphatic heterocycles. The van der Waals surface area contributed by atoms with Gasteiger partial charge < -0.3 is 14.7 Å². The quantitative estimate of drug-likeness (QED) is 0.325. The van der Waals surface area contributed by atoms with Crippen LogP contribution >= 0.6 is 11.8 Å². The van der Waals surface area contributed by atoms with Gasteiger partial charge in [0.15, 0.2) is 5.17 Å². The number of carbonyl (C=O) groups excluding carboxylic acids is 1. The molecular formula is C31H31N3O4S. The largest absolute Gasteiger partial charge is 0.488 e. The molecule has 39 heavy (non-hydrogen) atoms. The number of nitrogens with zero attached hydrogens (tertiary/aromatic N) is 3. The number of ether oxygens (including phenoxy) is 1. The summed E-state index contributed by atoms with van der Waals surface area (Å²) in [6.07, 6.45) is 5.62. The lowest BCUT2D eigenvalue weighted by molar-refractivity contribution is -0.122. The van der Waals surface area contributed by atoms with Crippen molar-refractivity contribution in [1.82, 2.24) is 4.90 Å². The minimum absolute atomic E-state index is 0.0785. The van der Waals surface area contributed by atoms with Crippen molar-refractivity contribution in [1.29, 1.82) is 0 Å². The molecule has 3 aromatic rings. The Labute approximate surface area is 232 Å². The number of carboxylic acids is 1. The first kappa shape index (κ1) is 26.6. The molecular weight excluding hydrogens is 510 g/mol. The molecule has 1 amide bonds. The van der Waals surface area contributed by atoms with Crippen LogP contribution in [-0.2, 0) is 11.4 Å². The van der Waals surface area contributed by atoms with Gasteiger partial charge in [0.05, 0.1) is 16.2 Å². The molecule has 0 atom stereocenters. The zero-order chi connectivity index (χ0) is 27.2. The third-order valence-corrected chi connectivity index (χ3v) is 7.81. The van der Waals surface area contributed by atoms with Crippen LogP contribution < -0.4 is 9.64 Å². The molecule has 0 unspecified atom stereocenters. The van der Waals surface area contributed by atoms with E-state index in [2.05, 4.69) is 17.0 Å². The van der Waals surface area contributed by atoms with Gasteiger partial charge in [0.1, 0.15) is 12.4 Å². The summed E-state index contributed by atoms with van der Waals surface area (Å²) in [5, 5.41) is 9.76. The van der Waals surface area contributed by atoms with Gasteiger partial charge in [0.2, 0.25) is 0 Å². The Bertz CT molecular complexity index is 1390. The fourth-order valence-electron chi connectivity index (χ4n) is 4.65. The normalized spacial score (nSPS) is 17.7. The highest BCUT2D eigenvalue weighted by atomic mass is 32.2. The highest BCUT2D eigenvalue weighted by molar-refractivity contribution is 8.18. The molecule has 0 aromatic heterocycles. The summed E-state index contributed by atoms with van der Waals surface area (Å²) >= 11 is 1.37. The molecule has 2 fully saturated rings. The summed E-state index contributed by atoms with van der Waals surface area (Å²) in [4.78, 5) is 33.8. The van der Waals surface area contributed by atoms with Crippen LogP contribution in [0.3, 0.4) is 0 Å². The fourth-order valence-corrected chi connectivity index (χ4v) is 5.70. The van der Waals surface area contributed by atoms with Crippen molar-refractivity contribution in [2.45, 2.75) is 32.8 Å². The van der Waals surface area contributed by atoms with Crippen LogP contribution in [0.5, 0.6) is 5.75 Å². The lowest BCUT2D eigenvalue weighted by atomic mass is 10.1. The summed E-state index contributed by atoms with van der Waals surface area (Å²) < 4.78 is 6.05. The van der Waals surface area contributed by atoms with E-state index in [-0.39, 0.29) is 18.1 Å². The number of aromatic carboxylic acids is 1. The SMILES string of the molecule is CCN1C(=O)/C(=C/c2ccccc2OCc2ccc(C(=O)O)cc2)SC1=Nc1ccc(N2CCCCC2)cc1. The number of piperidine rings is 1. The minimum Gasteiger partial charge on any atom is -0.488 e. The summed E-state index contributed by atoms with van der Waals surface area (Å²) in [6, 6.07) is 22.4. The van der Waals surface area contributed by atoms with Crippen LogP contribution in [0.15, 0.2) is 82.7 Å². The highest BCUT2D eigenvalue weighted by Gasteiger charge is 2.32. The number of amidine groups is 1. The topological polar surface area (TPSA) is 82.4 Å². The standard InChI is InChI=1S/C31H31N3O4S/c1-2-34-29(35)28(39-31(34)32-25-14-16-26(17-15-25)33-18-6-3-7-19-33)20-24-8-4-5-9-27(24)38-21-22-10-12-23(13-11-22)30(36)37/h4-5,8-17,20H,2-3,6-7,18-19,21H2,1H3,(H,36,37)/b28-20-,32-31?. The first-order valence-electron chi connectivity index (χ1n) is 13.2. The zero-order valence-electron chi connectivity index (χ0n) is 21.9. The maximum absolute atomic E-state index is 13.2. The number of carboxylic acid groups (broad SMARTS) is 1. The number of para-hydroxylation sites is 1. The van der Waals surface area contributed by atoms with Gasteiger partial charge in [-0.05, 0) is 92.1 Å². The van der Waals surface area contributed by atoms with E-state index in [1.54, 1.807) is 29.2 Å². The molecule has 0 bridgehead atoms. The van der Waals surface area contributed by atoms with Crippen molar-refractivity contribution in [2.24, 2.45) is 4.99 Å². The van der Waals surface area contributed by atoms with E-state index < -0.39 is 5.97 Å². The third-order valence-electron chi connectivity index (χ3n) is 6.80. The number of thioether (sulfide) groups is 1. The van der Waals surface area contributed by atoms with Crippen molar-refractivity contribution in [3.63, 3.8) is 0 Å². The molecule has 0 radical (unpaired) electrons. The Kier molecular flexibility index (Phi) is 8.32. The van der Waals surface area contributed by atoms with Gasteiger partial charge in [-0.2, -0.15) is 0 Å². The van der Waals surface area contributed by atoms with Crippen LogP contribution in [0.1, 0.15) is 47.7 Å². The number of rotatable bonds is 8. The Hall–Kier alpha value is -4.04. The van der Waals surface area contributed by atoms with Gasteiger partial charge in [-0.3, -0.25) is 9.69 Å². The van der Waals surface area contributed by atoms with Gasteiger partial charge in [-0.1, -0.05) is 30.3 Å². The molecule has 0 saturated carbocycles. The predicted octanol–water partition coefficient (Wildman–Crippen LogP) is 6.58. The van der Waals surface area contributed by atoms with E-state index in [0.717, 1.165) is 29.9 Å². The minimum atomic E-state index is -0.961. The van der Waals surface area contributed by atoms with Crippen LogP contribution in [0.2, 0.25) is 0 Å². The van der Waals surface area contributed by atoms with E-state index >= 15 is 0 Å². The third kappa shape index (κ3) is 6.34. The van der Waals surface area contributed by atoms with Crippen molar-refractivity contribution in [3.05, 3.63) is 94.4 Å². The lowest BCUT2D eigenvalue weighted by Gasteiger charge is -2.28. The average molecular weight is 542 g/mol. The zero-order valence-corrected chi connectivity index (χ0v) is 22.7. The van der Waals surface area contributed by atoms with Gasteiger partial charge in [-0.25, -0.2) is 9.79 Å². The van der Waals surface area contributed by atoms with Gasteiger partial charge in [0, 0.05) is 30.9 Å². The maximum Gasteiger partial charge on any atom is 0.335 e. The summed E-state index contributed by atoms with van der Waals surface area (Å²) in [5.74, 6) is -0.399. The molecule has 1 N–H and O–H groups in total. The monoisotopic (exact) mass is 541 g/mol. The van der Waals surface area contributed by atoms with Crippen LogP contribution in [0.4, 0.5) is 11.4 Å². The summed E-state index contributed by atoms with van der Waals surface area (Å²) in [5.41, 5.74) is 3.92. The van der Waals surface area contributed by atoms with Crippen molar-refractivity contribution < 1.29 is 19.4 Å². The molecule has 2 heterocycles. The Balaban J connectivity index is 1.31. The van der Waals surface area contributed by atoms with Crippen molar-refractivity contribution in [2.75, 3.05) is 24.5 Å². The molecule has 8 heteroatoms. The molecule has 0 spiro atoms. The number of likely N-dealkylation sites (N-methyl/N-ethyl adjacent to an activating group) is 1. The van der Waals surface area contributed by atoms with Crippen LogP contribution in [0, 0.1) is 0 Å². The van der Waals surface area contributed by atoms with Crippen LogP contribution in [-0.4, -0.2) is 46.7 Å². The number of anilines is 1. The number of hydrogen-bond acceptors (Lipinski definition) is 6. The number of amides is 1. The van der Waals surface area contributed by atoms with E-state index in [0.29, 0.717) is 22.4 Å².